The lowest BCUT2D eigenvalue weighted by atomic mass is 10.1. The molecule has 0 bridgehead atoms. The number of amides is 1. The van der Waals surface area contributed by atoms with Crippen molar-refractivity contribution in [1.29, 1.82) is 0 Å². The number of carbonyl (C=O) groups is 1. The number of hydrogen-bond acceptors (Lipinski definition) is 8. The molecule has 5 aromatic rings. The fourth-order valence-electron chi connectivity index (χ4n) is 4.02. The van der Waals surface area contributed by atoms with Gasteiger partial charge in [0.05, 0.1) is 11.2 Å². The van der Waals surface area contributed by atoms with Crippen molar-refractivity contribution >= 4 is 56.6 Å². The third-order valence-electron chi connectivity index (χ3n) is 5.82. The van der Waals surface area contributed by atoms with Crippen LogP contribution in [0.15, 0.2) is 81.8 Å². The number of pyridine rings is 1. The zero-order valence-electron chi connectivity index (χ0n) is 19.7. The van der Waals surface area contributed by atoms with Crippen LogP contribution in [0.1, 0.15) is 15.2 Å². The van der Waals surface area contributed by atoms with Gasteiger partial charge in [0, 0.05) is 43.6 Å². The van der Waals surface area contributed by atoms with E-state index in [-0.39, 0.29) is 11.6 Å². The van der Waals surface area contributed by atoms with E-state index in [9.17, 15) is 14.4 Å². The van der Waals surface area contributed by atoms with Crippen molar-refractivity contribution < 1.29 is 4.79 Å². The maximum absolute atomic E-state index is 13.0. The van der Waals surface area contributed by atoms with Gasteiger partial charge in [0.25, 0.3) is 16.8 Å². The summed E-state index contributed by atoms with van der Waals surface area (Å²) in [6, 6.07) is 18.8. The summed E-state index contributed by atoms with van der Waals surface area (Å²) in [5.74, 6) is -0.217. The summed E-state index contributed by atoms with van der Waals surface area (Å²) >= 11 is 1.36. The van der Waals surface area contributed by atoms with E-state index < -0.39 is 10.9 Å². The molecule has 0 aliphatic rings. The molecular weight excluding hydrogens is 474 g/mol. The zero-order chi connectivity index (χ0) is 25.2. The maximum Gasteiger partial charge on any atom is 0.267 e. The van der Waals surface area contributed by atoms with Crippen LogP contribution in [0.5, 0.6) is 0 Å². The second-order valence-corrected chi connectivity index (χ2v) is 9.35. The van der Waals surface area contributed by atoms with Crippen LogP contribution in [0.4, 0.5) is 28.4 Å². The minimum absolute atomic E-state index is 0.217. The van der Waals surface area contributed by atoms with E-state index in [4.69, 9.17) is 0 Å². The molecule has 0 spiro atoms. The topological polar surface area (TPSA) is 103 Å². The summed E-state index contributed by atoms with van der Waals surface area (Å²) in [7, 11) is 3.43. The van der Waals surface area contributed by atoms with Gasteiger partial charge in [-0.2, -0.15) is 0 Å². The van der Waals surface area contributed by atoms with Crippen LogP contribution in [0.3, 0.4) is 0 Å². The Morgan fingerprint density at radius 2 is 1.69 bits per heavy atom. The lowest BCUT2D eigenvalue weighted by Crippen LogP contribution is -2.39. The quantitative estimate of drug-likeness (QED) is 0.270. The number of benzene rings is 2. The van der Waals surface area contributed by atoms with Gasteiger partial charge < -0.3 is 20.9 Å². The Labute approximate surface area is 210 Å². The Balaban J connectivity index is 1.25. The molecule has 0 fully saturated rings. The summed E-state index contributed by atoms with van der Waals surface area (Å²) in [5, 5.41) is 12.2. The van der Waals surface area contributed by atoms with Crippen LogP contribution in [0.25, 0.3) is 10.9 Å². The normalized spacial score (nSPS) is 10.9. The standard InChI is InChI=1S/C27H23N5O3S/c1-32(2)23-22(24(33)25(23)34)30-17-7-9-18(10-8-17)31-27(35)26-21(12-14-36-26)29-15-16-11-13-28-20-6-4-3-5-19(16)20/h3-14,29-30H,15H2,1-2H3,(H,31,35). The molecular formula is C27H23N5O3S. The summed E-state index contributed by atoms with van der Waals surface area (Å²) in [6.07, 6.45) is 1.79. The molecule has 8 nitrogen and oxygen atoms in total. The van der Waals surface area contributed by atoms with Gasteiger partial charge in [-0.25, -0.2) is 0 Å². The van der Waals surface area contributed by atoms with E-state index in [0.29, 0.717) is 28.5 Å². The number of para-hydroxylation sites is 1. The van der Waals surface area contributed by atoms with Crippen LogP contribution in [-0.4, -0.2) is 25.0 Å². The number of thiophene rings is 1. The van der Waals surface area contributed by atoms with Gasteiger partial charge in [0.15, 0.2) is 0 Å². The van der Waals surface area contributed by atoms with Crippen LogP contribution in [-0.2, 0) is 6.54 Å². The van der Waals surface area contributed by atoms with Gasteiger partial charge in [-0.15, -0.1) is 11.3 Å². The molecule has 0 aliphatic carbocycles. The van der Waals surface area contributed by atoms with Crippen molar-refractivity contribution in [3.63, 3.8) is 0 Å². The minimum Gasteiger partial charge on any atom is -0.380 e. The first-order valence-electron chi connectivity index (χ1n) is 11.3. The average molecular weight is 498 g/mol. The fourth-order valence-corrected chi connectivity index (χ4v) is 4.78. The molecule has 2 heterocycles. The largest absolute Gasteiger partial charge is 0.380 e. The molecule has 36 heavy (non-hydrogen) atoms. The number of anilines is 5. The third kappa shape index (κ3) is 4.44. The predicted octanol–water partition coefficient (Wildman–Crippen LogP) is 4.57. The highest BCUT2D eigenvalue weighted by Crippen LogP contribution is 2.27. The fraction of sp³-hybridized carbons (Fsp3) is 0.111. The molecule has 3 N–H and O–H groups in total. The second-order valence-electron chi connectivity index (χ2n) is 8.44. The molecule has 0 saturated carbocycles. The van der Waals surface area contributed by atoms with E-state index >= 15 is 0 Å². The Bertz CT molecular complexity index is 1630. The zero-order valence-corrected chi connectivity index (χ0v) is 20.5. The number of carbonyl (C=O) groups excluding carboxylic acids is 1. The first-order chi connectivity index (χ1) is 17.4. The lowest BCUT2D eigenvalue weighted by molar-refractivity contribution is 0.103. The smallest absolute Gasteiger partial charge is 0.267 e. The molecule has 9 heteroatoms. The SMILES string of the molecule is CN(C)c1c(Nc2ccc(NC(=O)c3sccc3NCc3ccnc4ccccc34)cc2)c(=O)c1=O. The first-order valence-corrected chi connectivity index (χ1v) is 12.1. The molecule has 1 amide bonds. The van der Waals surface area contributed by atoms with E-state index in [1.54, 1.807) is 49.5 Å². The van der Waals surface area contributed by atoms with E-state index in [2.05, 4.69) is 20.9 Å². The molecule has 2 aromatic heterocycles. The van der Waals surface area contributed by atoms with E-state index in [0.717, 1.165) is 22.2 Å². The van der Waals surface area contributed by atoms with Crippen LogP contribution >= 0.6 is 11.3 Å². The number of fused-ring (bicyclic) bond motifs is 1. The van der Waals surface area contributed by atoms with Crippen molar-refractivity contribution in [3.05, 3.63) is 103 Å². The lowest BCUT2D eigenvalue weighted by Gasteiger charge is -2.19. The van der Waals surface area contributed by atoms with Crippen molar-refractivity contribution in [3.8, 4) is 0 Å². The monoisotopic (exact) mass is 497 g/mol. The van der Waals surface area contributed by atoms with Gasteiger partial charge in [0.2, 0.25) is 0 Å². The molecule has 0 unspecified atom stereocenters. The molecule has 0 aliphatic heterocycles. The Morgan fingerprint density at radius 3 is 2.47 bits per heavy atom. The molecule has 0 radical (unpaired) electrons. The Hall–Kier alpha value is -4.50. The molecule has 0 atom stereocenters. The summed E-state index contributed by atoms with van der Waals surface area (Å²) in [5.41, 5.74) is 3.65. The molecule has 5 rings (SSSR count). The predicted molar refractivity (Wildman–Crippen MR) is 147 cm³/mol. The van der Waals surface area contributed by atoms with Crippen molar-refractivity contribution in [1.82, 2.24) is 4.98 Å². The van der Waals surface area contributed by atoms with Crippen LogP contribution in [0.2, 0.25) is 0 Å². The van der Waals surface area contributed by atoms with Gasteiger partial charge >= 0.3 is 0 Å². The maximum atomic E-state index is 13.0. The summed E-state index contributed by atoms with van der Waals surface area (Å²) < 4.78 is 0. The van der Waals surface area contributed by atoms with Gasteiger partial charge in [-0.05, 0) is 53.4 Å². The number of nitrogens with one attached hydrogen (secondary N) is 3. The molecule has 0 saturated heterocycles. The number of aromatic nitrogens is 1. The summed E-state index contributed by atoms with van der Waals surface area (Å²) in [6.45, 7) is 0.562. The number of nitrogens with zero attached hydrogens (tertiary/aromatic N) is 2. The number of hydrogen-bond donors (Lipinski definition) is 3. The Kier molecular flexibility index (Phi) is 6.22. The highest BCUT2D eigenvalue weighted by atomic mass is 32.1. The van der Waals surface area contributed by atoms with E-state index in [1.165, 1.54) is 11.3 Å². The van der Waals surface area contributed by atoms with Gasteiger partial charge in [-0.3, -0.25) is 19.4 Å². The van der Waals surface area contributed by atoms with Gasteiger partial charge in [-0.1, -0.05) is 18.2 Å². The minimum atomic E-state index is -0.534. The molecule has 3 aromatic carbocycles. The van der Waals surface area contributed by atoms with Crippen molar-refractivity contribution in [2.24, 2.45) is 0 Å². The third-order valence-corrected chi connectivity index (χ3v) is 6.74. The van der Waals surface area contributed by atoms with Crippen LogP contribution < -0.4 is 31.7 Å². The highest BCUT2D eigenvalue weighted by molar-refractivity contribution is 7.12. The highest BCUT2D eigenvalue weighted by Gasteiger charge is 2.22. The molecule has 180 valence electrons. The van der Waals surface area contributed by atoms with E-state index in [1.807, 2.05) is 41.8 Å². The number of rotatable bonds is 8. The van der Waals surface area contributed by atoms with Gasteiger partial charge in [0.1, 0.15) is 16.3 Å². The van der Waals surface area contributed by atoms with Crippen LogP contribution in [0, 0.1) is 0 Å². The van der Waals surface area contributed by atoms with Crippen molar-refractivity contribution in [2.75, 3.05) is 34.9 Å². The second kappa shape index (κ2) is 9.63. The van der Waals surface area contributed by atoms with Crippen molar-refractivity contribution in [2.45, 2.75) is 6.54 Å². The average Bonchev–Trinajstić information content (AvgIpc) is 3.36. The first kappa shape index (κ1) is 23.3. The summed E-state index contributed by atoms with van der Waals surface area (Å²) in [4.78, 5) is 43.2. The Morgan fingerprint density at radius 1 is 0.944 bits per heavy atom.